The minimum Gasteiger partial charge on any atom is -0.469 e. The van der Waals surface area contributed by atoms with Crippen molar-refractivity contribution in [2.75, 3.05) is 0 Å². The Balaban J connectivity index is 1.29. The van der Waals surface area contributed by atoms with E-state index in [-0.39, 0.29) is 11.9 Å². The fourth-order valence-corrected chi connectivity index (χ4v) is 4.90. The highest BCUT2D eigenvalue weighted by Gasteiger charge is 2.15. The Bertz CT molecular complexity index is 1400. The van der Waals surface area contributed by atoms with Gasteiger partial charge in [0.2, 0.25) is 0 Å². The Morgan fingerprint density at radius 2 is 1.83 bits per heavy atom. The van der Waals surface area contributed by atoms with Crippen LogP contribution in [0.4, 0.5) is 0 Å². The summed E-state index contributed by atoms with van der Waals surface area (Å²) in [6, 6.07) is 25.7. The number of rotatable bonds is 9. The van der Waals surface area contributed by atoms with Gasteiger partial charge in [-0.2, -0.15) is 0 Å². The molecular weight excluding hydrogens is 456 g/mol. The Kier molecular flexibility index (Phi) is 6.95. The number of nitrogens with one attached hydrogen (secondary N) is 1. The van der Waals surface area contributed by atoms with Crippen molar-refractivity contribution in [1.29, 1.82) is 0 Å². The smallest absolute Gasteiger partial charge is 0.251 e. The number of nitrogens with zero attached hydrogens (tertiary/aromatic N) is 3. The molecule has 1 atom stereocenters. The number of benzene rings is 2. The van der Waals surface area contributed by atoms with Crippen molar-refractivity contribution in [3.8, 4) is 0 Å². The zero-order valence-corrected chi connectivity index (χ0v) is 20.2. The molecule has 0 bridgehead atoms. The summed E-state index contributed by atoms with van der Waals surface area (Å²) in [6.07, 6.45) is 4.09. The van der Waals surface area contributed by atoms with Crippen LogP contribution in [0.5, 0.6) is 0 Å². The molecule has 1 N–H and O–H groups in total. The van der Waals surface area contributed by atoms with Gasteiger partial charge in [0.1, 0.15) is 11.3 Å². The summed E-state index contributed by atoms with van der Waals surface area (Å²) in [5.41, 5.74) is 4.70. The molecule has 0 radical (unpaired) electrons. The molecular formula is C28H26N4O2S. The first-order valence-electron chi connectivity index (χ1n) is 11.6. The lowest BCUT2D eigenvalue weighted by atomic mass is 10.1. The van der Waals surface area contributed by atoms with E-state index in [1.165, 1.54) is 5.56 Å². The van der Waals surface area contributed by atoms with Crippen LogP contribution in [0.25, 0.3) is 11.2 Å². The van der Waals surface area contributed by atoms with E-state index in [2.05, 4.69) is 39.1 Å². The van der Waals surface area contributed by atoms with E-state index in [4.69, 9.17) is 9.40 Å². The molecule has 0 saturated carbocycles. The topological polar surface area (TPSA) is 73.0 Å². The van der Waals surface area contributed by atoms with Gasteiger partial charge < -0.3 is 9.73 Å². The molecule has 0 saturated heterocycles. The van der Waals surface area contributed by atoms with E-state index < -0.39 is 0 Å². The van der Waals surface area contributed by atoms with Crippen LogP contribution in [0.15, 0.2) is 101 Å². The molecule has 176 valence electrons. The van der Waals surface area contributed by atoms with E-state index in [0.717, 1.165) is 33.4 Å². The molecule has 6 nitrogen and oxygen atoms in total. The maximum atomic E-state index is 12.7. The van der Waals surface area contributed by atoms with E-state index in [1.807, 2.05) is 61.5 Å². The predicted octanol–water partition coefficient (Wildman–Crippen LogP) is 5.73. The maximum absolute atomic E-state index is 12.7. The van der Waals surface area contributed by atoms with E-state index in [1.54, 1.807) is 24.2 Å². The number of furan rings is 1. The van der Waals surface area contributed by atoms with Gasteiger partial charge in [0.25, 0.3) is 5.91 Å². The van der Waals surface area contributed by atoms with Gasteiger partial charge in [0.05, 0.1) is 12.8 Å². The van der Waals surface area contributed by atoms with Gasteiger partial charge >= 0.3 is 0 Å². The number of aromatic nitrogens is 3. The van der Waals surface area contributed by atoms with E-state index in [9.17, 15) is 4.79 Å². The number of hydrogen-bond donors (Lipinski definition) is 1. The van der Waals surface area contributed by atoms with Crippen molar-refractivity contribution < 1.29 is 9.21 Å². The molecule has 0 aliphatic rings. The standard InChI is InChI=1S/C28H26N4O2S/c1-20(17-24-9-6-16-34-24)30-27(33)23-13-11-21(12-14-23)18-32-26-25(10-5-15-29-26)31-28(32)35-19-22-7-3-2-4-8-22/h2-16,20H,17-19H2,1H3,(H,30,33). The third-order valence-corrected chi connectivity index (χ3v) is 6.75. The fourth-order valence-electron chi connectivity index (χ4n) is 3.95. The highest BCUT2D eigenvalue weighted by atomic mass is 32.2. The normalized spacial score (nSPS) is 12.0. The third kappa shape index (κ3) is 5.63. The molecule has 3 aromatic heterocycles. The molecule has 7 heteroatoms. The second-order valence-corrected chi connectivity index (χ2v) is 9.40. The molecule has 0 fully saturated rings. The first-order chi connectivity index (χ1) is 17.2. The number of thioether (sulfide) groups is 1. The molecule has 0 spiro atoms. The Morgan fingerprint density at radius 1 is 1.00 bits per heavy atom. The number of amides is 1. The van der Waals surface area contributed by atoms with Crippen LogP contribution < -0.4 is 5.32 Å². The zero-order valence-electron chi connectivity index (χ0n) is 19.4. The molecule has 1 unspecified atom stereocenters. The summed E-state index contributed by atoms with van der Waals surface area (Å²) in [4.78, 5) is 22.1. The highest BCUT2D eigenvalue weighted by molar-refractivity contribution is 7.98. The van der Waals surface area contributed by atoms with Crippen molar-refractivity contribution in [3.63, 3.8) is 0 Å². The largest absolute Gasteiger partial charge is 0.469 e. The molecule has 35 heavy (non-hydrogen) atoms. The van der Waals surface area contributed by atoms with E-state index >= 15 is 0 Å². The quantitative estimate of drug-likeness (QED) is 0.272. The van der Waals surface area contributed by atoms with Crippen molar-refractivity contribution >= 4 is 28.8 Å². The van der Waals surface area contributed by atoms with Crippen LogP contribution in [0.1, 0.15) is 34.2 Å². The summed E-state index contributed by atoms with van der Waals surface area (Å²) in [6.45, 7) is 2.60. The van der Waals surface area contributed by atoms with Gasteiger partial charge in [-0.15, -0.1) is 0 Å². The number of fused-ring (bicyclic) bond motifs is 1. The third-order valence-electron chi connectivity index (χ3n) is 5.70. The predicted molar refractivity (Wildman–Crippen MR) is 138 cm³/mol. The summed E-state index contributed by atoms with van der Waals surface area (Å²) in [5, 5.41) is 3.96. The number of hydrogen-bond acceptors (Lipinski definition) is 5. The second kappa shape index (κ2) is 10.6. The molecule has 1 amide bonds. The number of pyridine rings is 1. The zero-order chi connectivity index (χ0) is 24.0. The van der Waals surface area contributed by atoms with Gasteiger partial charge in [0, 0.05) is 30.0 Å². The maximum Gasteiger partial charge on any atom is 0.251 e. The summed E-state index contributed by atoms with van der Waals surface area (Å²) < 4.78 is 7.52. The molecule has 2 aromatic carbocycles. The summed E-state index contributed by atoms with van der Waals surface area (Å²) in [7, 11) is 0. The molecule has 5 rings (SSSR count). The van der Waals surface area contributed by atoms with Crippen molar-refractivity contribution in [2.45, 2.75) is 36.8 Å². The number of carbonyl (C=O) groups excluding carboxylic acids is 1. The summed E-state index contributed by atoms with van der Waals surface area (Å²) in [5.74, 6) is 1.60. The van der Waals surface area contributed by atoms with Crippen molar-refractivity contribution in [2.24, 2.45) is 0 Å². The summed E-state index contributed by atoms with van der Waals surface area (Å²) >= 11 is 1.70. The van der Waals surface area contributed by atoms with Crippen LogP contribution >= 0.6 is 11.8 Å². The monoisotopic (exact) mass is 482 g/mol. The number of carbonyl (C=O) groups is 1. The molecule has 5 aromatic rings. The van der Waals surface area contributed by atoms with Crippen LogP contribution in [-0.4, -0.2) is 26.5 Å². The van der Waals surface area contributed by atoms with Crippen LogP contribution in [-0.2, 0) is 18.7 Å². The van der Waals surface area contributed by atoms with Crippen molar-refractivity contribution in [3.05, 3.63) is 114 Å². The minimum absolute atomic E-state index is 0.0269. The van der Waals surface area contributed by atoms with Gasteiger partial charge in [-0.3, -0.25) is 9.36 Å². The van der Waals surface area contributed by atoms with Gasteiger partial charge in [0.15, 0.2) is 10.8 Å². The number of imidazole rings is 1. The molecule has 0 aliphatic carbocycles. The Morgan fingerprint density at radius 3 is 2.60 bits per heavy atom. The average Bonchev–Trinajstić information content (AvgIpc) is 3.51. The van der Waals surface area contributed by atoms with Crippen LogP contribution in [0, 0.1) is 0 Å². The van der Waals surface area contributed by atoms with E-state index in [0.29, 0.717) is 18.5 Å². The van der Waals surface area contributed by atoms with Crippen LogP contribution in [0.3, 0.4) is 0 Å². The van der Waals surface area contributed by atoms with Gasteiger partial charge in [-0.1, -0.05) is 54.2 Å². The van der Waals surface area contributed by atoms with Crippen LogP contribution in [0.2, 0.25) is 0 Å². The van der Waals surface area contributed by atoms with Gasteiger partial charge in [-0.05, 0) is 54.4 Å². The highest BCUT2D eigenvalue weighted by Crippen LogP contribution is 2.27. The minimum atomic E-state index is -0.0931. The second-order valence-electron chi connectivity index (χ2n) is 8.46. The Labute approximate surface area is 208 Å². The molecule has 3 heterocycles. The lowest BCUT2D eigenvalue weighted by Crippen LogP contribution is -2.33. The van der Waals surface area contributed by atoms with Gasteiger partial charge in [-0.25, -0.2) is 9.97 Å². The van der Waals surface area contributed by atoms with Crippen molar-refractivity contribution in [1.82, 2.24) is 19.9 Å². The lowest BCUT2D eigenvalue weighted by Gasteiger charge is -2.13. The first-order valence-corrected chi connectivity index (χ1v) is 12.5. The lowest BCUT2D eigenvalue weighted by molar-refractivity contribution is 0.0939. The first kappa shape index (κ1) is 22.9. The molecule has 0 aliphatic heterocycles. The Hall–Kier alpha value is -3.84. The SMILES string of the molecule is CC(Cc1ccco1)NC(=O)c1ccc(Cn2c(SCc3ccccc3)nc3cccnc32)cc1. The fraction of sp³-hybridized carbons (Fsp3) is 0.179. The average molecular weight is 483 g/mol.